The molecule has 2 fully saturated rings. The Hall–Kier alpha value is -1.02. The van der Waals surface area contributed by atoms with Gasteiger partial charge in [-0.25, -0.2) is 0 Å². The third-order valence-electron chi connectivity index (χ3n) is 4.37. The van der Waals surface area contributed by atoms with Crippen LogP contribution in [0, 0.1) is 0 Å². The van der Waals surface area contributed by atoms with Gasteiger partial charge in [-0.1, -0.05) is 5.16 Å². The molecule has 1 aromatic heterocycles. The molecule has 3 rings (SSSR count). The van der Waals surface area contributed by atoms with Crippen molar-refractivity contribution in [2.24, 2.45) is 5.73 Å². The van der Waals surface area contributed by atoms with Crippen LogP contribution in [0.2, 0.25) is 0 Å². The fraction of sp³-hybridized carbons (Fsp3) is 0.857. The molecule has 0 atom stereocenters. The molecule has 2 N–H and O–H groups in total. The summed E-state index contributed by atoms with van der Waals surface area (Å²) in [6.45, 7) is 5.11. The first kappa shape index (κ1) is 14.9. The zero-order chi connectivity index (χ0) is 14.8. The molecule has 0 spiro atoms. The highest BCUT2D eigenvalue weighted by Gasteiger charge is 2.42. The number of aromatic nitrogens is 2. The van der Waals surface area contributed by atoms with E-state index in [1.807, 2.05) is 6.92 Å². The number of nitrogens with zero attached hydrogens (tertiary/aromatic N) is 2. The summed E-state index contributed by atoms with van der Waals surface area (Å²) in [6, 6.07) is 0. The van der Waals surface area contributed by atoms with E-state index in [0.717, 1.165) is 12.8 Å². The molecule has 0 bridgehead atoms. The first-order chi connectivity index (χ1) is 10.2. The van der Waals surface area contributed by atoms with E-state index in [-0.39, 0.29) is 0 Å². The van der Waals surface area contributed by atoms with Crippen LogP contribution in [0.4, 0.5) is 0 Å². The Bertz CT molecular complexity index is 459. The van der Waals surface area contributed by atoms with Crippen LogP contribution >= 0.6 is 0 Å². The van der Waals surface area contributed by atoms with Crippen molar-refractivity contribution < 1.29 is 18.7 Å². The second kappa shape index (κ2) is 6.00. The van der Waals surface area contributed by atoms with Gasteiger partial charge >= 0.3 is 0 Å². The topological polar surface area (TPSA) is 92.6 Å². The molecule has 7 heteroatoms. The summed E-state index contributed by atoms with van der Waals surface area (Å²) >= 11 is 0. The van der Waals surface area contributed by atoms with Crippen LogP contribution < -0.4 is 5.73 Å². The van der Waals surface area contributed by atoms with Crippen molar-refractivity contribution in [2.75, 3.05) is 33.0 Å². The van der Waals surface area contributed by atoms with Crippen LogP contribution in [-0.2, 0) is 25.4 Å². The van der Waals surface area contributed by atoms with Crippen LogP contribution in [0.15, 0.2) is 4.52 Å². The van der Waals surface area contributed by atoms with Gasteiger partial charge < -0.3 is 24.5 Å². The second-order valence-corrected chi connectivity index (χ2v) is 5.73. The Morgan fingerprint density at radius 2 is 1.71 bits per heavy atom. The van der Waals surface area contributed by atoms with Gasteiger partial charge in [-0.2, -0.15) is 4.98 Å². The molecule has 118 valence electrons. The molecule has 2 saturated heterocycles. The minimum Gasteiger partial charge on any atom is -0.381 e. The molecule has 0 aromatic carbocycles. The lowest BCUT2D eigenvalue weighted by atomic mass is 9.90. The summed E-state index contributed by atoms with van der Waals surface area (Å²) in [6.07, 6.45) is 2.86. The van der Waals surface area contributed by atoms with Crippen molar-refractivity contribution in [2.45, 2.75) is 43.7 Å². The van der Waals surface area contributed by atoms with E-state index < -0.39 is 11.1 Å². The van der Waals surface area contributed by atoms with Crippen LogP contribution in [-0.4, -0.2) is 43.2 Å². The minimum absolute atomic E-state index is 0.492. The fourth-order valence-electron chi connectivity index (χ4n) is 2.97. The molecule has 0 amide bonds. The minimum atomic E-state index is -0.581. The van der Waals surface area contributed by atoms with E-state index in [9.17, 15) is 0 Å². The molecule has 0 radical (unpaired) electrons. The zero-order valence-corrected chi connectivity index (χ0v) is 12.5. The Morgan fingerprint density at radius 1 is 1.10 bits per heavy atom. The molecule has 3 heterocycles. The lowest BCUT2D eigenvalue weighted by Crippen LogP contribution is -2.43. The summed E-state index contributed by atoms with van der Waals surface area (Å²) in [5.74, 6) is 1.09. The largest absolute Gasteiger partial charge is 0.381 e. The van der Waals surface area contributed by atoms with Gasteiger partial charge in [0.05, 0.1) is 0 Å². The summed E-state index contributed by atoms with van der Waals surface area (Å²) in [5, 5.41) is 4.16. The summed E-state index contributed by atoms with van der Waals surface area (Å²) in [7, 11) is 0. The monoisotopic (exact) mass is 297 g/mol. The third-order valence-corrected chi connectivity index (χ3v) is 4.37. The second-order valence-electron chi connectivity index (χ2n) is 5.73. The van der Waals surface area contributed by atoms with E-state index in [4.69, 9.17) is 24.5 Å². The smallest absolute Gasteiger partial charge is 0.247 e. The molecular weight excluding hydrogens is 274 g/mol. The fourth-order valence-corrected chi connectivity index (χ4v) is 2.97. The maximum absolute atomic E-state index is 6.40. The molecule has 7 nitrogen and oxygen atoms in total. The van der Waals surface area contributed by atoms with E-state index in [1.165, 1.54) is 0 Å². The highest BCUT2D eigenvalue weighted by Crippen LogP contribution is 2.36. The van der Waals surface area contributed by atoms with Crippen LogP contribution in [0.5, 0.6) is 0 Å². The van der Waals surface area contributed by atoms with E-state index in [2.05, 4.69) is 10.1 Å². The number of ether oxygens (including phenoxy) is 3. The maximum atomic E-state index is 6.40. The van der Waals surface area contributed by atoms with Crippen LogP contribution in [0.3, 0.4) is 0 Å². The predicted octanol–water partition coefficient (Wildman–Crippen LogP) is 1.08. The highest BCUT2D eigenvalue weighted by atomic mass is 16.5. The van der Waals surface area contributed by atoms with Crippen molar-refractivity contribution in [1.82, 2.24) is 10.1 Å². The SMILES string of the molecule is CCOC1(c2noc(C3(N)CCOCC3)n2)CCOCC1. The molecule has 2 aliphatic rings. The van der Waals surface area contributed by atoms with Crippen molar-refractivity contribution in [1.29, 1.82) is 0 Å². The van der Waals surface area contributed by atoms with Crippen molar-refractivity contribution >= 4 is 0 Å². The van der Waals surface area contributed by atoms with Gasteiger partial charge in [0.25, 0.3) is 0 Å². The molecule has 21 heavy (non-hydrogen) atoms. The van der Waals surface area contributed by atoms with Gasteiger partial charge in [0, 0.05) is 45.9 Å². The van der Waals surface area contributed by atoms with Gasteiger partial charge in [0.2, 0.25) is 11.7 Å². The maximum Gasteiger partial charge on any atom is 0.247 e. The number of hydrogen-bond acceptors (Lipinski definition) is 7. The van der Waals surface area contributed by atoms with Crippen molar-refractivity contribution in [3.05, 3.63) is 11.7 Å². The zero-order valence-electron chi connectivity index (χ0n) is 12.5. The summed E-state index contributed by atoms with van der Waals surface area (Å²) < 4.78 is 22.2. The van der Waals surface area contributed by atoms with Crippen LogP contribution in [0.25, 0.3) is 0 Å². The standard InChI is InChI=1S/C14H23N3O4/c1-2-20-14(5-9-19-10-6-14)11-16-12(21-17-11)13(15)3-7-18-8-4-13/h2-10,15H2,1H3. The Labute approximate surface area is 124 Å². The van der Waals surface area contributed by atoms with Gasteiger partial charge in [0.15, 0.2) is 0 Å². The van der Waals surface area contributed by atoms with E-state index >= 15 is 0 Å². The van der Waals surface area contributed by atoms with E-state index in [1.54, 1.807) is 0 Å². The van der Waals surface area contributed by atoms with E-state index in [0.29, 0.717) is 57.6 Å². The normalized spacial score (nSPS) is 24.9. The van der Waals surface area contributed by atoms with Crippen molar-refractivity contribution in [3.8, 4) is 0 Å². The molecule has 1 aromatic rings. The van der Waals surface area contributed by atoms with Gasteiger partial charge in [-0.05, 0) is 19.8 Å². The Balaban J connectivity index is 1.85. The average molecular weight is 297 g/mol. The summed E-state index contributed by atoms with van der Waals surface area (Å²) in [5.41, 5.74) is 5.31. The highest BCUT2D eigenvalue weighted by molar-refractivity contribution is 5.09. The number of nitrogens with two attached hydrogens (primary N) is 1. The first-order valence-corrected chi connectivity index (χ1v) is 7.62. The van der Waals surface area contributed by atoms with Gasteiger partial charge in [-0.15, -0.1) is 0 Å². The van der Waals surface area contributed by atoms with Gasteiger partial charge in [0.1, 0.15) is 11.1 Å². The van der Waals surface area contributed by atoms with Crippen molar-refractivity contribution in [3.63, 3.8) is 0 Å². The lowest BCUT2D eigenvalue weighted by Gasteiger charge is -2.34. The van der Waals surface area contributed by atoms with Crippen LogP contribution in [0.1, 0.15) is 44.3 Å². The first-order valence-electron chi connectivity index (χ1n) is 7.62. The third kappa shape index (κ3) is 2.83. The number of hydrogen-bond donors (Lipinski definition) is 1. The Kier molecular flexibility index (Phi) is 4.26. The lowest BCUT2D eigenvalue weighted by molar-refractivity contribution is -0.118. The molecular formula is C14H23N3O4. The average Bonchev–Trinajstić information content (AvgIpc) is 3.01. The molecule has 0 aliphatic carbocycles. The molecule has 2 aliphatic heterocycles. The Morgan fingerprint density at radius 3 is 2.33 bits per heavy atom. The molecule has 0 saturated carbocycles. The quantitative estimate of drug-likeness (QED) is 0.888. The van der Waals surface area contributed by atoms with Gasteiger partial charge in [-0.3, -0.25) is 0 Å². The predicted molar refractivity (Wildman–Crippen MR) is 73.6 cm³/mol. The molecule has 0 unspecified atom stereocenters. The summed E-state index contributed by atoms with van der Waals surface area (Å²) in [4.78, 5) is 4.58. The number of rotatable bonds is 4.